The summed E-state index contributed by atoms with van der Waals surface area (Å²) in [4.78, 5) is 29.3. The fourth-order valence-electron chi connectivity index (χ4n) is 3.29. The molecule has 0 atom stereocenters. The molecule has 1 aromatic rings. The molecule has 0 spiro atoms. The van der Waals surface area contributed by atoms with Gasteiger partial charge in [-0.2, -0.15) is 0 Å². The predicted molar refractivity (Wildman–Crippen MR) is 103 cm³/mol. The van der Waals surface area contributed by atoms with E-state index in [4.69, 9.17) is 14.6 Å². The summed E-state index contributed by atoms with van der Waals surface area (Å²) in [5.74, 6) is -1.00. The first-order valence-corrected chi connectivity index (χ1v) is 9.86. The zero-order valence-corrected chi connectivity index (χ0v) is 17.6. The number of aliphatic carboxylic acids is 1. The highest BCUT2D eigenvalue weighted by Crippen LogP contribution is 2.40. The normalized spacial score (nSPS) is 17.7. The summed E-state index contributed by atoms with van der Waals surface area (Å²) in [5, 5.41) is 9.11. The SMILES string of the molecule is CC(C)(C)OC(=O)N1CCCC(OCC(=O)O)(c2ccncc2Br)CCC1. The maximum absolute atomic E-state index is 12.4. The number of rotatable bonds is 4. The summed E-state index contributed by atoms with van der Waals surface area (Å²) < 4.78 is 12.2. The molecule has 0 aliphatic carbocycles. The van der Waals surface area contributed by atoms with Crippen LogP contribution in [0.25, 0.3) is 0 Å². The highest BCUT2D eigenvalue weighted by atomic mass is 79.9. The van der Waals surface area contributed by atoms with E-state index in [0.29, 0.717) is 38.8 Å². The predicted octanol–water partition coefficient (Wildman–Crippen LogP) is 3.95. The number of nitrogens with zero attached hydrogens (tertiary/aromatic N) is 2. The average molecular weight is 443 g/mol. The maximum Gasteiger partial charge on any atom is 0.410 e. The lowest BCUT2D eigenvalue weighted by molar-refractivity contribution is -0.153. The molecule has 2 rings (SSSR count). The Morgan fingerprint density at radius 1 is 1.30 bits per heavy atom. The number of hydrogen-bond donors (Lipinski definition) is 1. The Kier molecular flexibility index (Phi) is 7.22. The van der Waals surface area contributed by atoms with Gasteiger partial charge in [-0.1, -0.05) is 0 Å². The van der Waals surface area contributed by atoms with E-state index in [0.717, 1.165) is 10.0 Å². The lowest BCUT2D eigenvalue weighted by Crippen LogP contribution is -2.42. The number of carbonyl (C=O) groups is 2. The smallest absolute Gasteiger partial charge is 0.410 e. The van der Waals surface area contributed by atoms with Crippen LogP contribution in [0.3, 0.4) is 0 Å². The van der Waals surface area contributed by atoms with Crippen LogP contribution in [0.4, 0.5) is 4.79 Å². The number of likely N-dealkylation sites (tertiary alicyclic amines) is 1. The second-order valence-electron chi connectivity index (χ2n) is 7.71. The van der Waals surface area contributed by atoms with Crippen LogP contribution in [0.2, 0.25) is 0 Å². The molecule has 1 saturated heterocycles. The van der Waals surface area contributed by atoms with Crippen molar-refractivity contribution in [3.05, 3.63) is 28.5 Å². The van der Waals surface area contributed by atoms with E-state index in [9.17, 15) is 9.59 Å². The minimum Gasteiger partial charge on any atom is -0.480 e. The van der Waals surface area contributed by atoms with E-state index in [2.05, 4.69) is 20.9 Å². The second kappa shape index (κ2) is 9.01. The fraction of sp³-hybridized carbons (Fsp3) is 0.632. The summed E-state index contributed by atoms with van der Waals surface area (Å²) in [6.07, 6.45) is 5.60. The molecule has 1 aliphatic heterocycles. The van der Waals surface area contributed by atoms with Crippen molar-refractivity contribution in [2.45, 2.75) is 57.7 Å². The van der Waals surface area contributed by atoms with Crippen LogP contribution in [0.15, 0.2) is 22.9 Å². The van der Waals surface area contributed by atoms with Crippen molar-refractivity contribution in [3.8, 4) is 0 Å². The van der Waals surface area contributed by atoms with Crippen molar-refractivity contribution in [1.82, 2.24) is 9.88 Å². The van der Waals surface area contributed by atoms with Crippen molar-refractivity contribution in [3.63, 3.8) is 0 Å². The van der Waals surface area contributed by atoms with Gasteiger partial charge in [0.15, 0.2) is 0 Å². The van der Waals surface area contributed by atoms with Gasteiger partial charge in [-0.15, -0.1) is 0 Å². The molecule has 1 aliphatic rings. The Morgan fingerprint density at radius 3 is 2.44 bits per heavy atom. The number of carboxylic acids is 1. The lowest BCUT2D eigenvalue weighted by atomic mass is 9.84. The molecule has 1 fully saturated rings. The number of carbonyl (C=O) groups excluding carboxylic acids is 1. The van der Waals surface area contributed by atoms with Crippen molar-refractivity contribution in [1.29, 1.82) is 0 Å². The van der Waals surface area contributed by atoms with Gasteiger partial charge in [0.1, 0.15) is 12.2 Å². The number of halogens is 1. The van der Waals surface area contributed by atoms with Crippen LogP contribution >= 0.6 is 15.9 Å². The van der Waals surface area contributed by atoms with Gasteiger partial charge < -0.3 is 19.5 Å². The van der Waals surface area contributed by atoms with Gasteiger partial charge in [0.25, 0.3) is 0 Å². The summed E-state index contributed by atoms with van der Waals surface area (Å²) >= 11 is 3.51. The zero-order valence-electron chi connectivity index (χ0n) is 16.0. The number of aromatic nitrogens is 1. The van der Waals surface area contributed by atoms with Crippen molar-refractivity contribution >= 4 is 28.0 Å². The Labute approximate surface area is 168 Å². The highest BCUT2D eigenvalue weighted by molar-refractivity contribution is 9.10. The van der Waals surface area contributed by atoms with Crippen molar-refractivity contribution in [2.75, 3.05) is 19.7 Å². The zero-order chi connectivity index (χ0) is 20.1. The maximum atomic E-state index is 12.4. The molecule has 1 N–H and O–H groups in total. The molecule has 2 heterocycles. The van der Waals surface area contributed by atoms with E-state index in [1.54, 1.807) is 17.3 Å². The molecule has 1 amide bonds. The summed E-state index contributed by atoms with van der Waals surface area (Å²) in [7, 11) is 0. The first-order valence-electron chi connectivity index (χ1n) is 9.07. The van der Waals surface area contributed by atoms with Crippen LogP contribution in [0.1, 0.15) is 52.0 Å². The molecule has 0 radical (unpaired) electrons. The molecular weight excluding hydrogens is 416 g/mol. The monoisotopic (exact) mass is 442 g/mol. The van der Waals surface area contributed by atoms with E-state index in [1.807, 2.05) is 26.8 Å². The molecular formula is C19H27BrN2O5. The average Bonchev–Trinajstić information content (AvgIpc) is 2.53. The Morgan fingerprint density at radius 2 is 1.93 bits per heavy atom. The molecule has 8 heteroatoms. The molecule has 150 valence electrons. The van der Waals surface area contributed by atoms with Crippen molar-refractivity contribution in [2.24, 2.45) is 0 Å². The Bertz CT molecular complexity index is 664. The minimum absolute atomic E-state index is 0.313. The molecule has 0 bridgehead atoms. The van der Waals surface area contributed by atoms with E-state index in [-0.39, 0.29) is 12.7 Å². The van der Waals surface area contributed by atoms with Gasteiger partial charge in [0.05, 0.1) is 5.60 Å². The van der Waals surface area contributed by atoms with Gasteiger partial charge in [0.2, 0.25) is 0 Å². The van der Waals surface area contributed by atoms with Gasteiger partial charge in [-0.25, -0.2) is 9.59 Å². The quantitative estimate of drug-likeness (QED) is 0.758. The van der Waals surface area contributed by atoms with Crippen LogP contribution in [0, 0.1) is 0 Å². The lowest BCUT2D eigenvalue weighted by Gasteiger charge is -2.38. The van der Waals surface area contributed by atoms with Crippen LogP contribution in [0.5, 0.6) is 0 Å². The van der Waals surface area contributed by atoms with Crippen LogP contribution in [-0.2, 0) is 19.9 Å². The minimum atomic E-state index is -1.00. The van der Waals surface area contributed by atoms with E-state index >= 15 is 0 Å². The fourth-order valence-corrected chi connectivity index (χ4v) is 3.90. The molecule has 7 nitrogen and oxygen atoms in total. The third-order valence-electron chi connectivity index (χ3n) is 4.40. The molecule has 27 heavy (non-hydrogen) atoms. The van der Waals surface area contributed by atoms with E-state index < -0.39 is 17.2 Å². The molecule has 0 saturated carbocycles. The summed E-state index contributed by atoms with van der Waals surface area (Å²) in [5.41, 5.74) is -0.361. The third kappa shape index (κ3) is 6.17. The second-order valence-corrected chi connectivity index (χ2v) is 8.56. The number of hydrogen-bond acceptors (Lipinski definition) is 5. The third-order valence-corrected chi connectivity index (χ3v) is 5.04. The summed E-state index contributed by atoms with van der Waals surface area (Å²) in [6, 6.07) is 1.86. The molecule has 0 aromatic carbocycles. The Hall–Kier alpha value is -1.67. The Balaban J connectivity index is 2.16. The van der Waals surface area contributed by atoms with Crippen molar-refractivity contribution < 1.29 is 24.2 Å². The number of pyridine rings is 1. The van der Waals surface area contributed by atoms with Crippen LogP contribution in [-0.4, -0.2) is 52.4 Å². The standard InChI is InChI=1S/C19H27BrN2O5/c1-18(2,3)27-17(25)22-10-4-7-19(8-5-11-22,26-13-16(23)24)14-6-9-21-12-15(14)20/h6,9,12H,4-5,7-8,10-11,13H2,1-3H3,(H,23,24). The summed E-state index contributed by atoms with van der Waals surface area (Å²) in [6.45, 7) is 6.25. The first kappa shape index (κ1) is 21.6. The highest BCUT2D eigenvalue weighted by Gasteiger charge is 2.37. The van der Waals surface area contributed by atoms with Crippen LogP contribution < -0.4 is 0 Å². The molecule has 1 aromatic heterocycles. The number of ether oxygens (including phenoxy) is 2. The largest absolute Gasteiger partial charge is 0.480 e. The number of carboxylic acid groups (broad SMARTS) is 1. The first-order chi connectivity index (χ1) is 12.6. The topological polar surface area (TPSA) is 89.0 Å². The van der Waals surface area contributed by atoms with Gasteiger partial charge in [-0.3, -0.25) is 4.98 Å². The van der Waals surface area contributed by atoms with E-state index in [1.165, 1.54) is 0 Å². The number of amides is 1. The van der Waals surface area contributed by atoms with Gasteiger partial charge in [0, 0.05) is 35.5 Å². The molecule has 0 unspecified atom stereocenters. The van der Waals surface area contributed by atoms with Gasteiger partial charge in [-0.05, 0) is 68.5 Å². The van der Waals surface area contributed by atoms with Gasteiger partial charge >= 0.3 is 12.1 Å².